The lowest BCUT2D eigenvalue weighted by Crippen LogP contribution is -2.25. The lowest BCUT2D eigenvalue weighted by atomic mass is 9.93. The Morgan fingerprint density at radius 3 is 2.00 bits per heavy atom. The highest BCUT2D eigenvalue weighted by Crippen LogP contribution is 2.42. The van der Waals surface area contributed by atoms with Gasteiger partial charge in [0, 0.05) is 25.1 Å². The molecule has 0 aliphatic carbocycles. The number of ether oxygens (including phenoxy) is 3. The molecule has 4 aromatic rings. The maximum atomic E-state index is 13.8. The highest BCUT2D eigenvalue weighted by Gasteiger charge is 2.37. The van der Waals surface area contributed by atoms with Gasteiger partial charge < -0.3 is 29.3 Å². The molecule has 0 unspecified atom stereocenters. The van der Waals surface area contributed by atoms with Crippen LogP contribution in [0.25, 0.3) is 11.1 Å². The van der Waals surface area contributed by atoms with Crippen LogP contribution in [0.15, 0.2) is 60.9 Å². The molecule has 50 heavy (non-hydrogen) atoms. The number of alkyl halides is 6. The third-order valence-electron chi connectivity index (χ3n) is 7.67. The van der Waals surface area contributed by atoms with E-state index in [1.54, 1.807) is 6.07 Å². The van der Waals surface area contributed by atoms with E-state index in [0.29, 0.717) is 34.6 Å². The number of phenolic OH excluding ortho intramolecular Hbond substituents is 1. The average Bonchev–Trinajstić information content (AvgIpc) is 3.05. The first-order valence-electron chi connectivity index (χ1n) is 15.3. The van der Waals surface area contributed by atoms with Crippen molar-refractivity contribution in [2.45, 2.75) is 58.0 Å². The number of carbonyl (C=O) groups is 1. The van der Waals surface area contributed by atoms with Gasteiger partial charge in [-0.1, -0.05) is 19.9 Å². The SMILES string of the molecule is COc1cc(CN(Cc2cc(C(F)(F)F)cc(C(F)(F)F)c2)c2ncc(OCCCC(=O)O)cn2)c(-c2cc(C(C)C)ccc2OC)cc1O. The summed E-state index contributed by atoms with van der Waals surface area (Å²) in [6.07, 6.45) is -7.54. The Morgan fingerprint density at radius 1 is 0.840 bits per heavy atom. The summed E-state index contributed by atoms with van der Waals surface area (Å²) in [5.74, 6) is -0.517. The zero-order valence-electron chi connectivity index (χ0n) is 27.5. The fourth-order valence-corrected chi connectivity index (χ4v) is 5.15. The molecule has 0 amide bonds. The molecule has 4 rings (SSSR count). The summed E-state index contributed by atoms with van der Waals surface area (Å²) >= 11 is 0. The fourth-order valence-electron chi connectivity index (χ4n) is 5.15. The van der Waals surface area contributed by atoms with Gasteiger partial charge in [-0.15, -0.1) is 0 Å². The lowest BCUT2D eigenvalue weighted by Gasteiger charge is -2.26. The highest BCUT2D eigenvalue weighted by molar-refractivity contribution is 5.77. The van der Waals surface area contributed by atoms with Gasteiger partial charge >= 0.3 is 18.3 Å². The Bertz CT molecular complexity index is 1760. The second kappa shape index (κ2) is 15.6. The van der Waals surface area contributed by atoms with Crippen LogP contribution in [0.2, 0.25) is 0 Å². The number of aliphatic carboxylic acids is 1. The van der Waals surface area contributed by atoms with E-state index >= 15 is 0 Å². The normalized spacial score (nSPS) is 11.8. The van der Waals surface area contributed by atoms with Gasteiger partial charge in [0.05, 0.1) is 44.3 Å². The van der Waals surface area contributed by atoms with Crippen LogP contribution in [0, 0.1) is 0 Å². The summed E-state index contributed by atoms with van der Waals surface area (Å²) in [5.41, 5.74) is -0.881. The molecule has 0 fully saturated rings. The smallest absolute Gasteiger partial charge is 0.416 e. The summed E-state index contributed by atoms with van der Waals surface area (Å²) < 4.78 is 99.1. The van der Waals surface area contributed by atoms with Crippen LogP contribution in [-0.2, 0) is 30.2 Å². The van der Waals surface area contributed by atoms with Crippen LogP contribution < -0.4 is 19.1 Å². The monoisotopic (exact) mass is 707 g/mol. The first-order chi connectivity index (χ1) is 23.5. The number of benzene rings is 3. The number of nitrogens with zero attached hydrogens (tertiary/aromatic N) is 3. The molecule has 0 saturated carbocycles. The van der Waals surface area contributed by atoms with E-state index in [4.69, 9.17) is 19.3 Å². The van der Waals surface area contributed by atoms with E-state index in [0.717, 1.165) is 5.56 Å². The zero-order chi connectivity index (χ0) is 36.8. The predicted molar refractivity (Wildman–Crippen MR) is 171 cm³/mol. The summed E-state index contributed by atoms with van der Waals surface area (Å²) in [4.78, 5) is 20.7. The third-order valence-corrected chi connectivity index (χ3v) is 7.67. The van der Waals surface area contributed by atoms with Crippen LogP contribution >= 0.6 is 0 Å². The summed E-state index contributed by atoms with van der Waals surface area (Å²) in [6.45, 7) is 3.33. The molecule has 0 atom stereocenters. The molecular formula is C35H35F6N3O6. The topological polar surface area (TPSA) is 114 Å². The predicted octanol–water partition coefficient (Wildman–Crippen LogP) is 8.48. The summed E-state index contributed by atoms with van der Waals surface area (Å²) in [5, 5.41) is 19.6. The van der Waals surface area contributed by atoms with E-state index in [2.05, 4.69) is 9.97 Å². The molecule has 0 bridgehead atoms. The van der Waals surface area contributed by atoms with Crippen molar-refractivity contribution >= 4 is 11.9 Å². The molecule has 2 N–H and O–H groups in total. The lowest BCUT2D eigenvalue weighted by molar-refractivity contribution is -0.143. The first kappa shape index (κ1) is 37.6. The van der Waals surface area contributed by atoms with Crippen molar-refractivity contribution in [2.75, 3.05) is 25.7 Å². The van der Waals surface area contributed by atoms with E-state index in [1.807, 2.05) is 26.0 Å². The Hall–Kier alpha value is -5.21. The van der Waals surface area contributed by atoms with Gasteiger partial charge in [-0.05, 0) is 77.1 Å². The molecule has 0 aliphatic rings. The van der Waals surface area contributed by atoms with Crippen molar-refractivity contribution < 1.29 is 55.6 Å². The Labute approximate surface area is 284 Å². The quantitative estimate of drug-likeness (QED) is 0.0984. The van der Waals surface area contributed by atoms with Gasteiger partial charge in [0.15, 0.2) is 17.2 Å². The largest absolute Gasteiger partial charge is 0.504 e. The van der Waals surface area contributed by atoms with Crippen molar-refractivity contribution in [1.29, 1.82) is 0 Å². The second-order valence-corrected chi connectivity index (χ2v) is 11.6. The number of hydrogen-bond acceptors (Lipinski definition) is 8. The van der Waals surface area contributed by atoms with Crippen molar-refractivity contribution in [3.63, 3.8) is 0 Å². The number of halogens is 6. The first-order valence-corrected chi connectivity index (χ1v) is 15.3. The molecule has 9 nitrogen and oxygen atoms in total. The zero-order valence-corrected chi connectivity index (χ0v) is 27.5. The van der Waals surface area contributed by atoms with E-state index in [-0.39, 0.29) is 66.7 Å². The van der Waals surface area contributed by atoms with E-state index in [1.165, 1.54) is 43.6 Å². The fraction of sp³-hybridized carbons (Fsp3) is 0.343. The molecule has 15 heteroatoms. The molecule has 0 radical (unpaired) electrons. The molecule has 3 aromatic carbocycles. The molecule has 1 aromatic heterocycles. The number of carboxylic acids is 1. The van der Waals surface area contributed by atoms with E-state index in [9.17, 15) is 36.2 Å². The second-order valence-electron chi connectivity index (χ2n) is 11.6. The number of aromatic nitrogens is 2. The molecule has 268 valence electrons. The van der Waals surface area contributed by atoms with Gasteiger partial charge in [0.1, 0.15) is 5.75 Å². The number of carboxylic acid groups (broad SMARTS) is 1. The third kappa shape index (κ3) is 9.48. The van der Waals surface area contributed by atoms with Gasteiger partial charge in [0.2, 0.25) is 5.95 Å². The van der Waals surface area contributed by atoms with Crippen LogP contribution in [-0.4, -0.2) is 47.0 Å². The number of methoxy groups -OCH3 is 2. The number of hydrogen-bond donors (Lipinski definition) is 2. The molecular weight excluding hydrogens is 672 g/mol. The molecule has 0 spiro atoms. The van der Waals surface area contributed by atoms with E-state index < -0.39 is 36.0 Å². The van der Waals surface area contributed by atoms with Crippen LogP contribution in [0.1, 0.15) is 60.4 Å². The Balaban J connectivity index is 1.85. The van der Waals surface area contributed by atoms with Gasteiger partial charge in [-0.25, -0.2) is 9.97 Å². The molecule has 1 heterocycles. The maximum Gasteiger partial charge on any atom is 0.416 e. The molecule has 0 saturated heterocycles. The highest BCUT2D eigenvalue weighted by atomic mass is 19.4. The number of phenols is 1. The van der Waals surface area contributed by atoms with Gasteiger partial charge in [-0.3, -0.25) is 4.79 Å². The van der Waals surface area contributed by atoms with Gasteiger partial charge in [0.25, 0.3) is 0 Å². The number of aromatic hydroxyl groups is 1. The number of anilines is 1. The van der Waals surface area contributed by atoms with Crippen LogP contribution in [0.5, 0.6) is 23.0 Å². The minimum atomic E-state index is -5.06. The average molecular weight is 708 g/mol. The van der Waals surface area contributed by atoms with Crippen molar-refractivity contribution in [3.05, 3.63) is 88.7 Å². The summed E-state index contributed by atoms with van der Waals surface area (Å²) in [7, 11) is 2.80. The number of rotatable bonds is 14. The Morgan fingerprint density at radius 2 is 1.46 bits per heavy atom. The minimum Gasteiger partial charge on any atom is -0.504 e. The molecule has 0 aliphatic heterocycles. The van der Waals surface area contributed by atoms with Crippen molar-refractivity contribution in [2.24, 2.45) is 0 Å². The van der Waals surface area contributed by atoms with Crippen LogP contribution in [0.4, 0.5) is 32.3 Å². The van der Waals surface area contributed by atoms with Crippen LogP contribution in [0.3, 0.4) is 0 Å². The van der Waals surface area contributed by atoms with Crippen molar-refractivity contribution in [3.8, 4) is 34.1 Å². The van der Waals surface area contributed by atoms with Crippen molar-refractivity contribution in [1.82, 2.24) is 9.97 Å². The standard InChI is InChI=1S/C35H35F6N3O6/c1-20(2)22-7-8-30(48-3)28(12-22)27-15-29(45)31(49-4)13-23(27)19-44(33-42-16-26(17-43-33)50-9-5-6-32(46)47)18-21-10-24(34(36,37)38)14-25(11-21)35(39,40)41/h7-8,10-17,20,45H,5-6,9,18-19H2,1-4H3,(H,46,47). The Kier molecular flexibility index (Phi) is 11.7. The summed E-state index contributed by atoms with van der Waals surface area (Å²) in [6, 6.07) is 9.78. The minimum absolute atomic E-state index is 0.0388. The maximum absolute atomic E-state index is 13.8. The van der Waals surface area contributed by atoms with Gasteiger partial charge in [-0.2, -0.15) is 26.3 Å².